The Morgan fingerprint density at radius 2 is 1.70 bits per heavy atom. The fraction of sp³-hybridized carbons (Fsp3) is 0.316. The molecule has 0 bridgehead atoms. The van der Waals surface area contributed by atoms with Gasteiger partial charge in [0.15, 0.2) is 0 Å². The van der Waals surface area contributed by atoms with Gasteiger partial charge in [0.1, 0.15) is 18.9 Å². The number of sulfonamides is 1. The third-order valence-electron chi connectivity index (χ3n) is 4.59. The monoisotopic (exact) mass is 406 g/mol. The molecule has 8 heteroatoms. The number of rotatable bonds is 6. The standard InChI is InChI=1S/C19H20ClN3O3S/c20-17-3-5-18(6-4-17)26-14-13-22-9-11-23(12-10-22)27(24,25)19-7-1-16(15-21)2-8-19/h1-8H,9-14H2/p+1. The second-order valence-corrected chi connectivity index (χ2v) is 8.72. The number of benzene rings is 2. The molecule has 1 heterocycles. The first-order chi connectivity index (χ1) is 13.0. The number of nitriles is 1. The quantitative estimate of drug-likeness (QED) is 0.781. The molecule has 1 saturated heterocycles. The molecule has 6 nitrogen and oxygen atoms in total. The summed E-state index contributed by atoms with van der Waals surface area (Å²) in [6, 6.07) is 15.3. The van der Waals surface area contributed by atoms with E-state index in [2.05, 4.69) is 0 Å². The summed E-state index contributed by atoms with van der Waals surface area (Å²) in [4.78, 5) is 1.55. The fourth-order valence-corrected chi connectivity index (χ4v) is 4.55. The maximum Gasteiger partial charge on any atom is 0.243 e. The minimum Gasteiger partial charge on any atom is -0.488 e. The summed E-state index contributed by atoms with van der Waals surface area (Å²) in [7, 11) is -3.51. The SMILES string of the molecule is N#Cc1ccc(S(=O)(=O)N2CC[NH+](CCOc3ccc(Cl)cc3)CC2)cc1. The topological polar surface area (TPSA) is 74.8 Å². The highest BCUT2D eigenvalue weighted by atomic mass is 35.5. The van der Waals surface area contributed by atoms with Gasteiger partial charge in [-0.15, -0.1) is 0 Å². The lowest BCUT2D eigenvalue weighted by molar-refractivity contribution is -0.903. The summed E-state index contributed by atoms with van der Waals surface area (Å²) in [6.07, 6.45) is 0. The van der Waals surface area contributed by atoms with E-state index in [9.17, 15) is 8.42 Å². The van der Waals surface area contributed by atoms with E-state index in [1.807, 2.05) is 18.2 Å². The van der Waals surface area contributed by atoms with Gasteiger partial charge in [0.2, 0.25) is 10.0 Å². The fourth-order valence-electron chi connectivity index (χ4n) is 2.99. The summed E-state index contributed by atoms with van der Waals surface area (Å²) in [5.74, 6) is 0.779. The maximum absolute atomic E-state index is 12.7. The van der Waals surface area contributed by atoms with Crippen LogP contribution in [0.4, 0.5) is 0 Å². The molecule has 3 rings (SSSR count). The van der Waals surface area contributed by atoms with Gasteiger partial charge in [0, 0.05) is 5.02 Å². The van der Waals surface area contributed by atoms with Crippen molar-refractivity contribution in [2.75, 3.05) is 39.3 Å². The zero-order chi connectivity index (χ0) is 19.3. The zero-order valence-electron chi connectivity index (χ0n) is 14.8. The van der Waals surface area contributed by atoms with Crippen molar-refractivity contribution >= 4 is 21.6 Å². The van der Waals surface area contributed by atoms with Crippen LogP contribution in [-0.2, 0) is 10.0 Å². The van der Waals surface area contributed by atoms with Crippen LogP contribution < -0.4 is 9.64 Å². The number of quaternary nitrogens is 1. The second-order valence-electron chi connectivity index (χ2n) is 6.34. The number of halogens is 1. The van der Waals surface area contributed by atoms with Gasteiger partial charge in [-0.1, -0.05) is 11.6 Å². The van der Waals surface area contributed by atoms with Crippen LogP contribution in [0, 0.1) is 11.3 Å². The first kappa shape index (κ1) is 19.6. The lowest BCUT2D eigenvalue weighted by Gasteiger charge is -2.31. The van der Waals surface area contributed by atoms with E-state index in [1.54, 1.807) is 12.1 Å². The van der Waals surface area contributed by atoms with Crippen LogP contribution in [-0.4, -0.2) is 52.1 Å². The number of nitrogens with one attached hydrogen (secondary N) is 1. The van der Waals surface area contributed by atoms with Crippen molar-refractivity contribution in [3.8, 4) is 11.8 Å². The van der Waals surface area contributed by atoms with Crippen molar-refractivity contribution in [2.24, 2.45) is 0 Å². The first-order valence-electron chi connectivity index (χ1n) is 8.71. The van der Waals surface area contributed by atoms with E-state index in [0.29, 0.717) is 30.3 Å². The third kappa shape index (κ3) is 4.99. The van der Waals surface area contributed by atoms with Gasteiger partial charge in [-0.05, 0) is 48.5 Å². The highest BCUT2D eigenvalue weighted by Crippen LogP contribution is 2.17. The highest BCUT2D eigenvalue weighted by Gasteiger charge is 2.30. The molecule has 1 aliphatic rings. The molecular formula is C19H21ClN3O3S+. The molecule has 0 saturated carbocycles. The molecule has 0 spiro atoms. The zero-order valence-corrected chi connectivity index (χ0v) is 16.3. The van der Waals surface area contributed by atoms with E-state index < -0.39 is 10.0 Å². The van der Waals surface area contributed by atoms with Gasteiger partial charge in [-0.2, -0.15) is 9.57 Å². The Balaban J connectivity index is 1.49. The summed E-state index contributed by atoms with van der Waals surface area (Å²) in [5, 5.41) is 9.51. The molecule has 142 valence electrons. The van der Waals surface area contributed by atoms with Crippen LogP contribution in [0.1, 0.15) is 5.56 Å². The van der Waals surface area contributed by atoms with Crippen molar-refractivity contribution < 1.29 is 18.1 Å². The summed E-state index contributed by atoms with van der Waals surface area (Å²) >= 11 is 5.85. The first-order valence-corrected chi connectivity index (χ1v) is 10.5. The average molecular weight is 407 g/mol. The van der Waals surface area contributed by atoms with E-state index in [0.717, 1.165) is 25.4 Å². The number of ether oxygens (including phenoxy) is 1. The lowest BCUT2D eigenvalue weighted by Crippen LogP contribution is -3.15. The molecule has 2 aromatic rings. The lowest BCUT2D eigenvalue weighted by atomic mass is 10.2. The van der Waals surface area contributed by atoms with Crippen molar-refractivity contribution in [2.45, 2.75) is 4.90 Å². The predicted molar refractivity (Wildman–Crippen MR) is 102 cm³/mol. The Morgan fingerprint density at radius 3 is 2.30 bits per heavy atom. The molecular weight excluding hydrogens is 386 g/mol. The van der Waals surface area contributed by atoms with Crippen LogP contribution in [0.15, 0.2) is 53.4 Å². The van der Waals surface area contributed by atoms with E-state index in [-0.39, 0.29) is 4.90 Å². The van der Waals surface area contributed by atoms with Crippen LogP contribution >= 0.6 is 11.6 Å². The molecule has 0 radical (unpaired) electrons. The van der Waals surface area contributed by atoms with Crippen molar-refractivity contribution in [3.05, 3.63) is 59.1 Å². The largest absolute Gasteiger partial charge is 0.488 e. The minimum atomic E-state index is -3.51. The normalized spacial score (nSPS) is 16.0. The molecule has 2 aromatic carbocycles. The van der Waals surface area contributed by atoms with E-state index in [4.69, 9.17) is 21.6 Å². The molecule has 0 aliphatic carbocycles. The number of hydrogen-bond donors (Lipinski definition) is 1. The molecule has 1 fully saturated rings. The van der Waals surface area contributed by atoms with Crippen LogP contribution in [0.3, 0.4) is 0 Å². The van der Waals surface area contributed by atoms with Gasteiger partial charge >= 0.3 is 0 Å². The van der Waals surface area contributed by atoms with Gasteiger partial charge in [-0.3, -0.25) is 0 Å². The van der Waals surface area contributed by atoms with E-state index >= 15 is 0 Å². The molecule has 1 aliphatic heterocycles. The Labute approximate surface area is 164 Å². The van der Waals surface area contributed by atoms with Gasteiger partial charge < -0.3 is 9.64 Å². The Bertz CT molecular complexity index is 901. The molecule has 0 amide bonds. The predicted octanol–water partition coefficient (Wildman–Crippen LogP) is 1.18. The van der Waals surface area contributed by atoms with Crippen molar-refractivity contribution in [3.63, 3.8) is 0 Å². The summed E-state index contributed by atoms with van der Waals surface area (Å²) in [6.45, 7) is 3.79. The minimum absolute atomic E-state index is 0.232. The van der Waals surface area contributed by atoms with Crippen LogP contribution in [0.5, 0.6) is 5.75 Å². The van der Waals surface area contributed by atoms with Crippen molar-refractivity contribution in [1.82, 2.24) is 4.31 Å². The van der Waals surface area contributed by atoms with E-state index in [1.165, 1.54) is 33.5 Å². The Morgan fingerprint density at radius 1 is 1.07 bits per heavy atom. The van der Waals surface area contributed by atoms with Gasteiger partial charge in [0.05, 0.1) is 42.7 Å². The molecule has 1 N–H and O–H groups in total. The maximum atomic E-state index is 12.7. The highest BCUT2D eigenvalue weighted by molar-refractivity contribution is 7.89. The third-order valence-corrected chi connectivity index (χ3v) is 6.75. The average Bonchev–Trinajstić information content (AvgIpc) is 2.70. The number of hydrogen-bond acceptors (Lipinski definition) is 4. The van der Waals surface area contributed by atoms with Gasteiger partial charge in [-0.25, -0.2) is 8.42 Å². The van der Waals surface area contributed by atoms with Crippen molar-refractivity contribution in [1.29, 1.82) is 5.26 Å². The Kier molecular flexibility index (Phi) is 6.34. The molecule has 0 atom stereocenters. The molecule has 0 aromatic heterocycles. The number of piperazine rings is 1. The smallest absolute Gasteiger partial charge is 0.243 e. The van der Waals surface area contributed by atoms with Crippen LogP contribution in [0.2, 0.25) is 5.02 Å². The van der Waals surface area contributed by atoms with Crippen LogP contribution in [0.25, 0.3) is 0 Å². The molecule has 0 unspecified atom stereocenters. The number of nitrogens with zero attached hydrogens (tertiary/aromatic N) is 2. The summed E-state index contributed by atoms with van der Waals surface area (Å²) < 4.78 is 32.7. The second kappa shape index (κ2) is 8.72. The molecule has 27 heavy (non-hydrogen) atoms. The summed E-state index contributed by atoms with van der Waals surface area (Å²) in [5.41, 5.74) is 0.448. The van der Waals surface area contributed by atoms with Gasteiger partial charge in [0.25, 0.3) is 0 Å². The Hall–Kier alpha value is -2.11.